The highest BCUT2D eigenvalue weighted by molar-refractivity contribution is 7.91. The van der Waals surface area contributed by atoms with Crippen LogP contribution in [0, 0.1) is 5.92 Å². The maximum absolute atomic E-state index is 14.7. The molecule has 0 radical (unpaired) electrons. The summed E-state index contributed by atoms with van der Waals surface area (Å²) in [5.74, 6) is -1.91. The Hall–Kier alpha value is -5.51. The van der Waals surface area contributed by atoms with Crippen LogP contribution in [-0.4, -0.2) is 88.2 Å². The Balaban J connectivity index is 1.14. The number of allylic oxidation sites excluding steroid dienone is 1. The lowest BCUT2D eigenvalue weighted by Gasteiger charge is -2.30. The van der Waals surface area contributed by atoms with Crippen molar-refractivity contribution < 1.29 is 41.5 Å². The number of carbonyl (C=O) groups is 4. The fourth-order valence-electron chi connectivity index (χ4n) is 7.82. The molecule has 3 fully saturated rings. The fourth-order valence-corrected chi connectivity index (χ4v) is 9.18. The van der Waals surface area contributed by atoms with Crippen LogP contribution < -0.4 is 20.1 Å². The van der Waals surface area contributed by atoms with Gasteiger partial charge in [0.15, 0.2) is 5.82 Å². The summed E-state index contributed by atoms with van der Waals surface area (Å²) in [6.07, 6.45) is 6.44. The predicted molar refractivity (Wildman–Crippen MR) is 214 cm³/mol. The van der Waals surface area contributed by atoms with Gasteiger partial charge in [-0.1, -0.05) is 67.5 Å². The van der Waals surface area contributed by atoms with Gasteiger partial charge in [-0.15, -0.1) is 0 Å². The highest BCUT2D eigenvalue weighted by Crippen LogP contribution is 2.46. The van der Waals surface area contributed by atoms with E-state index in [1.165, 1.54) is 4.90 Å². The Labute approximate surface area is 336 Å². The normalized spacial score (nSPS) is 26.1. The lowest BCUT2D eigenvalue weighted by Crippen LogP contribution is -2.58. The van der Waals surface area contributed by atoms with E-state index in [1.807, 2.05) is 66.7 Å². The van der Waals surface area contributed by atoms with Gasteiger partial charge in [-0.2, -0.15) is 4.98 Å². The van der Waals surface area contributed by atoms with Crippen molar-refractivity contribution in [2.24, 2.45) is 5.92 Å². The number of hydrogen-bond donors (Lipinski definition) is 3. The van der Waals surface area contributed by atoms with Crippen LogP contribution in [0.3, 0.4) is 0 Å². The molecule has 2 aromatic carbocycles. The van der Waals surface area contributed by atoms with Crippen molar-refractivity contribution in [1.82, 2.24) is 30.2 Å². The lowest BCUT2D eigenvalue weighted by atomic mass is 10.0. The third-order valence-corrected chi connectivity index (χ3v) is 12.9. The molecule has 5 unspecified atom stereocenters. The first-order valence-electron chi connectivity index (χ1n) is 20.0. The SMILES string of the molecule is CC(C)(C)OC(=O)NC1CCCCC/C=C\C2CC2(C(=O)NS(=O)(=O)C2CC2)NC(=O)C2CC(Oc3nc(-c4ccccc4)nc4c3oc3ccccc34)CN2C1=O. The Kier molecular flexibility index (Phi) is 10.4. The first-order chi connectivity index (χ1) is 27.7. The minimum Gasteiger partial charge on any atom is -0.470 e. The monoisotopic (exact) mass is 812 g/mol. The van der Waals surface area contributed by atoms with Crippen molar-refractivity contribution in [3.8, 4) is 17.3 Å². The van der Waals surface area contributed by atoms with Gasteiger partial charge in [0.1, 0.15) is 40.4 Å². The first-order valence-corrected chi connectivity index (χ1v) is 21.5. The Morgan fingerprint density at radius 1 is 0.983 bits per heavy atom. The number of amides is 4. The number of alkyl carbamates (subject to hydrolysis) is 1. The van der Waals surface area contributed by atoms with E-state index in [1.54, 1.807) is 20.8 Å². The molecule has 2 saturated carbocycles. The number of benzene rings is 2. The Bertz CT molecular complexity index is 2390. The van der Waals surface area contributed by atoms with Crippen molar-refractivity contribution in [2.75, 3.05) is 6.54 Å². The molecule has 4 amide bonds. The third kappa shape index (κ3) is 8.24. The second-order valence-corrected chi connectivity index (χ2v) is 18.6. The van der Waals surface area contributed by atoms with E-state index in [9.17, 15) is 27.6 Å². The van der Waals surface area contributed by atoms with Crippen LogP contribution in [0.2, 0.25) is 0 Å². The van der Waals surface area contributed by atoms with Crippen LogP contribution in [0.5, 0.6) is 5.88 Å². The number of sulfonamides is 1. The highest BCUT2D eigenvalue weighted by atomic mass is 32.2. The van der Waals surface area contributed by atoms with Crippen molar-refractivity contribution in [1.29, 1.82) is 0 Å². The summed E-state index contributed by atoms with van der Waals surface area (Å²) < 4.78 is 46.4. The molecule has 58 heavy (non-hydrogen) atoms. The third-order valence-electron chi connectivity index (χ3n) is 11.0. The van der Waals surface area contributed by atoms with Crippen LogP contribution in [0.4, 0.5) is 4.79 Å². The van der Waals surface area contributed by atoms with Gasteiger partial charge in [-0.25, -0.2) is 18.2 Å². The van der Waals surface area contributed by atoms with Gasteiger partial charge in [-0.05, 0) is 71.4 Å². The molecule has 4 aromatic rings. The van der Waals surface area contributed by atoms with Gasteiger partial charge in [0.05, 0.1) is 11.8 Å². The summed E-state index contributed by atoms with van der Waals surface area (Å²) in [6, 6.07) is 14.6. The van der Waals surface area contributed by atoms with Gasteiger partial charge in [0.2, 0.25) is 27.4 Å². The molecule has 15 nitrogen and oxygen atoms in total. The zero-order valence-electron chi connectivity index (χ0n) is 32.7. The molecular formula is C42H48N6O9S. The quantitative estimate of drug-likeness (QED) is 0.205. The molecule has 2 aliphatic heterocycles. The van der Waals surface area contributed by atoms with Crippen LogP contribution in [0.25, 0.3) is 33.5 Å². The Morgan fingerprint density at radius 3 is 2.50 bits per heavy atom. The molecule has 4 heterocycles. The molecule has 0 spiro atoms. The second kappa shape index (κ2) is 15.3. The van der Waals surface area contributed by atoms with Crippen molar-refractivity contribution in [3.63, 3.8) is 0 Å². The number of furan rings is 1. The smallest absolute Gasteiger partial charge is 0.408 e. The average Bonchev–Trinajstić information content (AvgIpc) is 4.08. The van der Waals surface area contributed by atoms with Crippen LogP contribution >= 0.6 is 0 Å². The van der Waals surface area contributed by atoms with Gasteiger partial charge in [0.25, 0.3) is 11.8 Å². The summed E-state index contributed by atoms with van der Waals surface area (Å²) >= 11 is 0. The van der Waals surface area contributed by atoms with E-state index in [0.29, 0.717) is 48.2 Å². The number of nitrogens with one attached hydrogen (secondary N) is 3. The highest BCUT2D eigenvalue weighted by Gasteiger charge is 2.62. The van der Waals surface area contributed by atoms with Crippen LogP contribution in [0.15, 0.2) is 71.2 Å². The van der Waals surface area contributed by atoms with E-state index in [-0.39, 0.29) is 31.7 Å². The van der Waals surface area contributed by atoms with Crippen molar-refractivity contribution in [3.05, 3.63) is 66.7 Å². The van der Waals surface area contributed by atoms with Gasteiger partial charge < -0.3 is 29.4 Å². The molecule has 8 rings (SSSR count). The first kappa shape index (κ1) is 39.3. The summed E-state index contributed by atoms with van der Waals surface area (Å²) in [5, 5.41) is 5.76. The number of fused-ring (bicyclic) bond motifs is 5. The van der Waals surface area contributed by atoms with Crippen molar-refractivity contribution in [2.45, 2.75) is 113 Å². The minimum absolute atomic E-state index is 0.0122. The van der Waals surface area contributed by atoms with Gasteiger partial charge >= 0.3 is 6.09 Å². The zero-order valence-corrected chi connectivity index (χ0v) is 33.5. The average molecular weight is 813 g/mol. The number of carbonyl (C=O) groups excluding carboxylic acids is 4. The number of hydrogen-bond acceptors (Lipinski definition) is 11. The number of aromatic nitrogens is 2. The van der Waals surface area contributed by atoms with Crippen LogP contribution in [-0.2, 0) is 29.1 Å². The molecule has 16 heteroatoms. The summed E-state index contributed by atoms with van der Waals surface area (Å²) in [7, 11) is -3.92. The standard InChI is InChI=1S/C42H48N6O9S/c1-41(2,3)57-40(52)43-30-18-11-6-4-5-10-16-26-23-42(26,39(51)47-58(53,54)28-20-21-28)46-36(49)31-22-27(24-48(31)38(30)50)55-37-34-33(29-17-12-13-19-32(29)56-34)44-35(45-37)25-14-8-7-9-15-25/h7-10,12-17,19,26-28,30-31H,4-6,11,18,20-24H2,1-3H3,(H,43,52)(H,46,49)(H,47,51)/b16-10-. The Morgan fingerprint density at radius 2 is 1.74 bits per heavy atom. The molecule has 2 aromatic heterocycles. The zero-order chi connectivity index (χ0) is 40.8. The lowest BCUT2D eigenvalue weighted by molar-refractivity contribution is -0.141. The fraction of sp³-hybridized carbons (Fsp3) is 0.476. The largest absolute Gasteiger partial charge is 0.470 e. The summed E-state index contributed by atoms with van der Waals surface area (Å²) in [5.41, 5.74) is -0.212. The number of para-hydroxylation sites is 1. The molecule has 1 saturated heterocycles. The molecule has 2 aliphatic carbocycles. The van der Waals surface area contributed by atoms with E-state index in [4.69, 9.17) is 23.9 Å². The number of ether oxygens (including phenoxy) is 2. The number of nitrogens with zero attached hydrogens (tertiary/aromatic N) is 3. The molecular weight excluding hydrogens is 765 g/mol. The maximum atomic E-state index is 14.7. The van der Waals surface area contributed by atoms with Crippen molar-refractivity contribution >= 4 is 55.9 Å². The topological polar surface area (TPSA) is 199 Å². The maximum Gasteiger partial charge on any atom is 0.408 e. The molecule has 0 bridgehead atoms. The predicted octanol–water partition coefficient (Wildman–Crippen LogP) is 5.29. The van der Waals surface area contributed by atoms with E-state index in [2.05, 4.69) is 15.4 Å². The second-order valence-electron chi connectivity index (χ2n) is 16.7. The van der Waals surface area contributed by atoms with E-state index < -0.39 is 74.3 Å². The molecule has 5 atom stereocenters. The number of rotatable bonds is 7. The summed E-state index contributed by atoms with van der Waals surface area (Å²) in [6.45, 7) is 5.10. The molecule has 4 aliphatic rings. The minimum atomic E-state index is -3.92. The molecule has 306 valence electrons. The van der Waals surface area contributed by atoms with Crippen LogP contribution in [0.1, 0.15) is 78.6 Å². The summed E-state index contributed by atoms with van der Waals surface area (Å²) in [4.78, 5) is 67.1. The van der Waals surface area contributed by atoms with E-state index >= 15 is 0 Å². The molecule has 3 N–H and O–H groups in total. The van der Waals surface area contributed by atoms with E-state index in [0.717, 1.165) is 23.8 Å². The van der Waals surface area contributed by atoms with Gasteiger partial charge in [-0.3, -0.25) is 19.1 Å². The van der Waals surface area contributed by atoms with Gasteiger partial charge in [0, 0.05) is 23.3 Å².